The summed E-state index contributed by atoms with van der Waals surface area (Å²) >= 11 is 0. The Hall–Kier alpha value is -1.10. The lowest BCUT2D eigenvalue weighted by molar-refractivity contribution is -0.132. The molecule has 1 aliphatic heterocycles. The highest BCUT2D eigenvalue weighted by atomic mass is 16.6. The smallest absolute Gasteiger partial charge is 0.416 e. The highest BCUT2D eigenvalue weighted by Crippen LogP contribution is 2.23. The van der Waals surface area contributed by atoms with Crippen LogP contribution in [-0.2, 0) is 9.53 Å². The molecular weight excluding hydrogens is 246 g/mol. The monoisotopic (exact) mass is 271 g/mol. The molecular formula is C14H25NO4. The lowest BCUT2D eigenvalue weighted by Crippen LogP contribution is -2.43. The van der Waals surface area contributed by atoms with Gasteiger partial charge in [-0.1, -0.05) is 40.5 Å². The second kappa shape index (κ2) is 6.89. The van der Waals surface area contributed by atoms with Crippen molar-refractivity contribution < 1.29 is 19.4 Å². The number of imide groups is 1. The molecule has 0 aromatic rings. The van der Waals surface area contributed by atoms with Crippen molar-refractivity contribution in [2.75, 3.05) is 6.61 Å². The first kappa shape index (κ1) is 16.0. The van der Waals surface area contributed by atoms with Gasteiger partial charge in [0.15, 0.2) is 0 Å². The van der Waals surface area contributed by atoms with E-state index in [-0.39, 0.29) is 36.8 Å². The number of hydrogen-bond acceptors (Lipinski definition) is 4. The number of carbonyl (C=O) groups is 2. The fraction of sp³-hybridized carbons (Fsp3) is 0.857. The predicted octanol–water partition coefficient (Wildman–Crippen LogP) is 2.18. The molecule has 0 aliphatic carbocycles. The van der Waals surface area contributed by atoms with Crippen LogP contribution in [-0.4, -0.2) is 40.8 Å². The average Bonchev–Trinajstić information content (AvgIpc) is 2.72. The Morgan fingerprint density at radius 1 is 1.42 bits per heavy atom. The van der Waals surface area contributed by atoms with Crippen LogP contribution in [0.4, 0.5) is 4.79 Å². The third kappa shape index (κ3) is 3.69. The first-order chi connectivity index (χ1) is 8.92. The van der Waals surface area contributed by atoms with Crippen molar-refractivity contribution in [2.45, 2.75) is 59.1 Å². The van der Waals surface area contributed by atoms with Crippen LogP contribution < -0.4 is 0 Å². The molecule has 5 nitrogen and oxygen atoms in total. The standard InChI is InChI=1S/C14H25NO4/c1-5-10(6-2)12(16)7-13(17)15-11(9(3)4)8-19-14(15)18/h9-12,16H,5-8H2,1-4H3/t11-,12-/m1/s1. The molecule has 0 radical (unpaired) electrons. The lowest BCUT2D eigenvalue weighted by Gasteiger charge is -2.25. The van der Waals surface area contributed by atoms with Crippen molar-refractivity contribution in [3.05, 3.63) is 0 Å². The molecule has 2 amide bonds. The van der Waals surface area contributed by atoms with Crippen LogP contribution in [0.15, 0.2) is 0 Å². The van der Waals surface area contributed by atoms with Crippen LogP contribution in [0.1, 0.15) is 47.0 Å². The number of nitrogens with zero attached hydrogens (tertiary/aromatic N) is 1. The molecule has 0 aromatic heterocycles. The normalized spacial score (nSPS) is 21.1. The Balaban J connectivity index is 2.68. The SMILES string of the molecule is CCC(CC)[C@H](O)CC(=O)N1C(=O)OC[C@@H]1C(C)C. The number of aliphatic hydroxyl groups is 1. The summed E-state index contributed by atoms with van der Waals surface area (Å²) in [5.41, 5.74) is 0. The van der Waals surface area contributed by atoms with E-state index in [9.17, 15) is 14.7 Å². The van der Waals surface area contributed by atoms with Crippen molar-refractivity contribution in [2.24, 2.45) is 11.8 Å². The molecule has 1 fully saturated rings. The number of hydrogen-bond donors (Lipinski definition) is 1. The zero-order valence-electron chi connectivity index (χ0n) is 12.3. The Bertz CT molecular complexity index is 325. The van der Waals surface area contributed by atoms with Gasteiger partial charge in [0.05, 0.1) is 18.6 Å². The average molecular weight is 271 g/mol. The van der Waals surface area contributed by atoms with Crippen molar-refractivity contribution in [1.29, 1.82) is 0 Å². The summed E-state index contributed by atoms with van der Waals surface area (Å²) in [6.45, 7) is 8.13. The molecule has 1 rings (SSSR count). The van der Waals surface area contributed by atoms with Crippen molar-refractivity contribution in [1.82, 2.24) is 4.90 Å². The maximum Gasteiger partial charge on any atom is 0.416 e. The maximum absolute atomic E-state index is 12.2. The largest absolute Gasteiger partial charge is 0.447 e. The molecule has 19 heavy (non-hydrogen) atoms. The summed E-state index contributed by atoms with van der Waals surface area (Å²) in [7, 11) is 0. The molecule has 1 N–H and O–H groups in total. The Labute approximate surface area is 114 Å². The lowest BCUT2D eigenvalue weighted by atomic mass is 9.93. The van der Waals surface area contributed by atoms with E-state index in [1.807, 2.05) is 27.7 Å². The molecule has 2 atom stereocenters. The topological polar surface area (TPSA) is 66.8 Å². The number of cyclic esters (lactones) is 1. The number of amides is 2. The van der Waals surface area contributed by atoms with Crippen LogP contribution >= 0.6 is 0 Å². The highest BCUT2D eigenvalue weighted by Gasteiger charge is 2.40. The first-order valence-corrected chi connectivity index (χ1v) is 7.09. The minimum Gasteiger partial charge on any atom is -0.447 e. The Kier molecular flexibility index (Phi) is 5.79. The summed E-state index contributed by atoms with van der Waals surface area (Å²) in [6.07, 6.45) is 0.362. The van der Waals surface area contributed by atoms with Crippen molar-refractivity contribution in [3.63, 3.8) is 0 Å². The van der Waals surface area contributed by atoms with Gasteiger partial charge in [-0.2, -0.15) is 0 Å². The van der Waals surface area contributed by atoms with E-state index < -0.39 is 12.2 Å². The molecule has 5 heteroatoms. The summed E-state index contributed by atoms with van der Waals surface area (Å²) in [5.74, 6) is -0.0821. The van der Waals surface area contributed by atoms with Crippen molar-refractivity contribution in [3.8, 4) is 0 Å². The van der Waals surface area contributed by atoms with E-state index in [4.69, 9.17) is 4.74 Å². The van der Waals surface area contributed by atoms with Gasteiger partial charge in [0, 0.05) is 0 Å². The quantitative estimate of drug-likeness (QED) is 0.804. The van der Waals surface area contributed by atoms with Gasteiger partial charge >= 0.3 is 6.09 Å². The predicted molar refractivity (Wildman–Crippen MR) is 71.5 cm³/mol. The summed E-state index contributed by atoms with van der Waals surface area (Å²) in [5, 5.41) is 10.1. The van der Waals surface area contributed by atoms with E-state index in [1.165, 1.54) is 4.90 Å². The number of rotatable bonds is 6. The maximum atomic E-state index is 12.2. The van der Waals surface area contributed by atoms with Gasteiger partial charge in [0.25, 0.3) is 0 Å². The van der Waals surface area contributed by atoms with Gasteiger partial charge in [0.1, 0.15) is 6.61 Å². The number of carbonyl (C=O) groups excluding carboxylic acids is 2. The Morgan fingerprint density at radius 2 is 2.00 bits per heavy atom. The van der Waals surface area contributed by atoms with Crippen LogP contribution in [0, 0.1) is 11.8 Å². The Morgan fingerprint density at radius 3 is 2.47 bits per heavy atom. The zero-order valence-corrected chi connectivity index (χ0v) is 12.3. The molecule has 0 saturated carbocycles. The molecule has 0 spiro atoms. The summed E-state index contributed by atoms with van der Waals surface area (Å²) in [4.78, 5) is 25.0. The van der Waals surface area contributed by atoms with Crippen LogP contribution in [0.3, 0.4) is 0 Å². The van der Waals surface area contributed by atoms with E-state index >= 15 is 0 Å². The van der Waals surface area contributed by atoms with E-state index in [1.54, 1.807) is 0 Å². The molecule has 0 bridgehead atoms. The minimum atomic E-state index is -0.691. The fourth-order valence-corrected chi connectivity index (χ4v) is 2.49. The summed E-state index contributed by atoms with van der Waals surface area (Å²) < 4.78 is 4.94. The van der Waals surface area contributed by atoms with Gasteiger partial charge < -0.3 is 9.84 Å². The van der Waals surface area contributed by atoms with Crippen molar-refractivity contribution >= 4 is 12.0 Å². The summed E-state index contributed by atoms with van der Waals surface area (Å²) in [6, 6.07) is -0.214. The van der Waals surface area contributed by atoms with Gasteiger partial charge in [0.2, 0.25) is 5.91 Å². The molecule has 1 heterocycles. The van der Waals surface area contributed by atoms with Crippen LogP contribution in [0.25, 0.3) is 0 Å². The zero-order chi connectivity index (χ0) is 14.6. The molecule has 110 valence electrons. The minimum absolute atomic E-state index is 0.00926. The third-order valence-electron chi connectivity index (χ3n) is 3.92. The van der Waals surface area contributed by atoms with Gasteiger partial charge in [-0.15, -0.1) is 0 Å². The first-order valence-electron chi connectivity index (χ1n) is 7.09. The van der Waals surface area contributed by atoms with Gasteiger partial charge in [-0.25, -0.2) is 9.69 Å². The molecule has 1 saturated heterocycles. The van der Waals surface area contributed by atoms with E-state index in [0.717, 1.165) is 12.8 Å². The van der Waals surface area contributed by atoms with Crippen LogP contribution in [0.5, 0.6) is 0 Å². The molecule has 0 aromatic carbocycles. The number of aliphatic hydroxyl groups excluding tert-OH is 1. The second-order valence-electron chi connectivity index (χ2n) is 5.50. The second-order valence-corrected chi connectivity index (χ2v) is 5.50. The van der Waals surface area contributed by atoms with E-state index in [0.29, 0.717) is 0 Å². The molecule has 0 unspecified atom stereocenters. The van der Waals surface area contributed by atoms with Gasteiger partial charge in [-0.3, -0.25) is 4.79 Å². The highest BCUT2D eigenvalue weighted by molar-refractivity contribution is 5.93. The number of ether oxygens (including phenoxy) is 1. The molecule has 1 aliphatic rings. The fourth-order valence-electron chi connectivity index (χ4n) is 2.49. The van der Waals surface area contributed by atoms with Crippen LogP contribution in [0.2, 0.25) is 0 Å². The third-order valence-corrected chi connectivity index (χ3v) is 3.92. The van der Waals surface area contributed by atoms with E-state index in [2.05, 4.69) is 0 Å². The van der Waals surface area contributed by atoms with Gasteiger partial charge in [-0.05, 0) is 11.8 Å².